The highest BCUT2D eigenvalue weighted by molar-refractivity contribution is 9.10. The average Bonchev–Trinajstić information content (AvgIpc) is 3.32. The molecule has 10 heteroatoms. The van der Waals surface area contributed by atoms with Crippen LogP contribution < -0.4 is 5.32 Å². The fourth-order valence-corrected chi connectivity index (χ4v) is 4.79. The number of carbonyl (C=O) groups is 2. The Kier molecular flexibility index (Phi) is 6.95. The van der Waals surface area contributed by atoms with Gasteiger partial charge in [-0.15, -0.1) is 0 Å². The van der Waals surface area contributed by atoms with E-state index in [1.165, 1.54) is 7.11 Å². The SMILES string of the molecule is COC(=O)c1cccc(C(=O)N2CCC(c3cc(NCc4cccnc4)n4ncc(Br)c4n3)CC2)c1. The number of fused-ring (bicyclic) bond motifs is 1. The summed E-state index contributed by atoms with van der Waals surface area (Å²) in [7, 11) is 1.33. The van der Waals surface area contributed by atoms with Crippen LogP contribution in [-0.4, -0.2) is 56.6 Å². The Morgan fingerprint density at radius 2 is 1.92 bits per heavy atom. The maximum absolute atomic E-state index is 13.1. The normalized spacial score (nSPS) is 14.1. The molecule has 1 N–H and O–H groups in total. The molecule has 1 saturated heterocycles. The summed E-state index contributed by atoms with van der Waals surface area (Å²) < 4.78 is 7.39. The van der Waals surface area contributed by atoms with Crippen molar-refractivity contribution in [3.8, 4) is 0 Å². The molecular formula is C26H25BrN6O3. The van der Waals surface area contributed by atoms with Crippen molar-refractivity contribution in [3.63, 3.8) is 0 Å². The Morgan fingerprint density at radius 3 is 2.67 bits per heavy atom. The number of benzene rings is 1. The number of methoxy groups -OCH3 is 1. The van der Waals surface area contributed by atoms with Gasteiger partial charge in [0.05, 0.1) is 23.3 Å². The van der Waals surface area contributed by atoms with E-state index in [9.17, 15) is 9.59 Å². The second kappa shape index (κ2) is 10.4. The first-order valence-corrected chi connectivity index (χ1v) is 12.5. The van der Waals surface area contributed by atoms with E-state index in [-0.39, 0.29) is 11.8 Å². The molecule has 0 unspecified atom stereocenters. The Labute approximate surface area is 216 Å². The summed E-state index contributed by atoms with van der Waals surface area (Å²) >= 11 is 3.56. The predicted octanol–water partition coefficient (Wildman–Crippen LogP) is 4.31. The molecule has 0 radical (unpaired) electrons. The lowest BCUT2D eigenvalue weighted by Gasteiger charge is -2.32. The molecule has 1 fully saturated rings. The first kappa shape index (κ1) is 23.9. The van der Waals surface area contributed by atoms with Gasteiger partial charge < -0.3 is 15.0 Å². The van der Waals surface area contributed by atoms with Crippen molar-refractivity contribution in [1.82, 2.24) is 24.5 Å². The fraction of sp³-hybridized carbons (Fsp3) is 0.269. The maximum Gasteiger partial charge on any atom is 0.337 e. The molecule has 36 heavy (non-hydrogen) atoms. The van der Waals surface area contributed by atoms with Crippen LogP contribution in [0, 0.1) is 0 Å². The number of hydrogen-bond acceptors (Lipinski definition) is 7. The zero-order chi connectivity index (χ0) is 25.1. The number of rotatable bonds is 6. The molecular weight excluding hydrogens is 524 g/mol. The van der Waals surface area contributed by atoms with E-state index in [2.05, 4.69) is 31.3 Å². The highest BCUT2D eigenvalue weighted by Gasteiger charge is 2.27. The van der Waals surface area contributed by atoms with E-state index in [1.54, 1.807) is 41.2 Å². The topological polar surface area (TPSA) is 102 Å². The minimum atomic E-state index is -0.455. The number of esters is 1. The number of nitrogens with one attached hydrogen (secondary N) is 1. The lowest BCUT2D eigenvalue weighted by molar-refractivity contribution is 0.0600. The molecule has 0 bridgehead atoms. The van der Waals surface area contributed by atoms with Crippen molar-refractivity contribution in [1.29, 1.82) is 0 Å². The van der Waals surface area contributed by atoms with Crippen LogP contribution in [0.3, 0.4) is 0 Å². The van der Waals surface area contributed by atoms with Crippen LogP contribution in [-0.2, 0) is 11.3 Å². The first-order chi connectivity index (χ1) is 17.5. The number of pyridine rings is 1. The average molecular weight is 549 g/mol. The molecule has 3 aromatic heterocycles. The minimum absolute atomic E-state index is 0.0834. The molecule has 0 spiro atoms. The Hall–Kier alpha value is -3.79. The van der Waals surface area contributed by atoms with Gasteiger partial charge in [-0.3, -0.25) is 9.78 Å². The Balaban J connectivity index is 1.31. The molecule has 0 atom stereocenters. The van der Waals surface area contributed by atoms with Crippen LogP contribution in [0.25, 0.3) is 5.65 Å². The standard InChI is InChI=1S/C26H25BrN6O3/c1-36-26(35)20-6-2-5-19(12-20)25(34)32-10-7-18(8-11-32)22-13-23(29-15-17-4-3-9-28-14-17)33-24(31-22)21(27)16-30-33/h2-6,9,12-14,16,18,29H,7-8,10-11,15H2,1H3. The number of piperidine rings is 1. The van der Waals surface area contributed by atoms with Crippen LogP contribution in [0.1, 0.15) is 50.7 Å². The molecule has 0 saturated carbocycles. The third-order valence-corrected chi connectivity index (χ3v) is 6.94. The van der Waals surface area contributed by atoms with Crippen molar-refractivity contribution < 1.29 is 14.3 Å². The van der Waals surface area contributed by atoms with Crippen molar-refractivity contribution in [2.45, 2.75) is 25.3 Å². The zero-order valence-electron chi connectivity index (χ0n) is 19.7. The molecule has 184 valence electrons. The van der Waals surface area contributed by atoms with E-state index in [4.69, 9.17) is 9.72 Å². The molecule has 0 aliphatic carbocycles. The van der Waals surface area contributed by atoms with Gasteiger partial charge in [0.25, 0.3) is 5.91 Å². The quantitative estimate of drug-likeness (QED) is 0.358. The smallest absolute Gasteiger partial charge is 0.337 e. The van der Waals surface area contributed by atoms with Gasteiger partial charge in [0.2, 0.25) is 0 Å². The van der Waals surface area contributed by atoms with Crippen LogP contribution in [0.2, 0.25) is 0 Å². The number of hydrogen-bond donors (Lipinski definition) is 1. The summed E-state index contributed by atoms with van der Waals surface area (Å²) in [5, 5.41) is 7.92. The van der Waals surface area contributed by atoms with Crippen molar-refractivity contribution in [2.24, 2.45) is 0 Å². The zero-order valence-corrected chi connectivity index (χ0v) is 21.3. The number of halogens is 1. The predicted molar refractivity (Wildman–Crippen MR) is 138 cm³/mol. The summed E-state index contributed by atoms with van der Waals surface area (Å²) in [6.07, 6.45) is 6.91. The maximum atomic E-state index is 13.1. The van der Waals surface area contributed by atoms with Crippen LogP contribution >= 0.6 is 15.9 Å². The lowest BCUT2D eigenvalue weighted by Crippen LogP contribution is -2.38. The Bertz CT molecular complexity index is 1400. The highest BCUT2D eigenvalue weighted by atomic mass is 79.9. The number of carbonyl (C=O) groups excluding carboxylic acids is 2. The summed E-state index contributed by atoms with van der Waals surface area (Å²) in [6, 6.07) is 12.6. The molecule has 1 aromatic carbocycles. The molecule has 1 aliphatic rings. The third kappa shape index (κ3) is 4.94. The molecule has 9 nitrogen and oxygen atoms in total. The molecule has 5 rings (SSSR count). The second-order valence-electron chi connectivity index (χ2n) is 8.65. The van der Waals surface area contributed by atoms with E-state index in [0.29, 0.717) is 30.8 Å². The van der Waals surface area contributed by atoms with E-state index >= 15 is 0 Å². The molecule has 4 heterocycles. The van der Waals surface area contributed by atoms with Gasteiger partial charge >= 0.3 is 5.97 Å². The van der Waals surface area contributed by atoms with Gasteiger partial charge in [-0.05, 0) is 58.6 Å². The minimum Gasteiger partial charge on any atom is -0.465 e. The third-order valence-electron chi connectivity index (χ3n) is 6.38. The Morgan fingerprint density at radius 1 is 1.11 bits per heavy atom. The summed E-state index contributed by atoms with van der Waals surface area (Å²) in [5.74, 6) is 0.521. The molecule has 4 aromatic rings. The summed E-state index contributed by atoms with van der Waals surface area (Å²) in [5.41, 5.74) is 3.64. The van der Waals surface area contributed by atoms with Gasteiger partial charge in [-0.2, -0.15) is 9.61 Å². The van der Waals surface area contributed by atoms with Gasteiger partial charge in [-0.25, -0.2) is 9.78 Å². The summed E-state index contributed by atoms with van der Waals surface area (Å²) in [4.78, 5) is 35.8. The largest absolute Gasteiger partial charge is 0.465 e. The first-order valence-electron chi connectivity index (χ1n) is 11.7. The lowest BCUT2D eigenvalue weighted by atomic mass is 9.92. The van der Waals surface area contributed by atoms with Gasteiger partial charge in [0, 0.05) is 55.3 Å². The van der Waals surface area contributed by atoms with Gasteiger partial charge in [0.1, 0.15) is 5.82 Å². The van der Waals surface area contributed by atoms with Crippen LogP contribution in [0.4, 0.5) is 5.82 Å². The van der Waals surface area contributed by atoms with Crippen LogP contribution in [0.15, 0.2) is 65.5 Å². The fourth-order valence-electron chi connectivity index (χ4n) is 4.44. The van der Waals surface area contributed by atoms with E-state index in [0.717, 1.165) is 40.0 Å². The molecule has 1 aliphatic heterocycles. The van der Waals surface area contributed by atoms with Crippen LogP contribution in [0.5, 0.6) is 0 Å². The number of anilines is 1. The van der Waals surface area contributed by atoms with Gasteiger partial charge in [0.15, 0.2) is 5.65 Å². The number of nitrogens with zero attached hydrogens (tertiary/aromatic N) is 5. The second-order valence-corrected chi connectivity index (χ2v) is 9.50. The number of aromatic nitrogens is 4. The van der Waals surface area contributed by atoms with E-state index in [1.807, 2.05) is 29.3 Å². The number of likely N-dealkylation sites (tertiary alicyclic amines) is 1. The van der Waals surface area contributed by atoms with E-state index < -0.39 is 5.97 Å². The number of ether oxygens (including phenoxy) is 1. The highest BCUT2D eigenvalue weighted by Crippen LogP contribution is 2.31. The summed E-state index contributed by atoms with van der Waals surface area (Å²) in [6.45, 7) is 1.83. The van der Waals surface area contributed by atoms with Crippen molar-refractivity contribution in [2.75, 3.05) is 25.5 Å². The van der Waals surface area contributed by atoms with Gasteiger partial charge in [-0.1, -0.05) is 12.1 Å². The van der Waals surface area contributed by atoms with Crippen molar-refractivity contribution in [3.05, 3.63) is 87.9 Å². The monoisotopic (exact) mass is 548 g/mol. The van der Waals surface area contributed by atoms with Crippen molar-refractivity contribution >= 4 is 39.3 Å². The molecule has 1 amide bonds. The number of amides is 1.